The summed E-state index contributed by atoms with van der Waals surface area (Å²) in [5.41, 5.74) is 2.42. The lowest BCUT2D eigenvalue weighted by atomic mass is 10.1. The lowest BCUT2D eigenvalue weighted by Crippen LogP contribution is -2.37. The van der Waals surface area contributed by atoms with Gasteiger partial charge in [0.15, 0.2) is 11.4 Å². The van der Waals surface area contributed by atoms with Gasteiger partial charge in [-0.1, -0.05) is 31.0 Å². The summed E-state index contributed by atoms with van der Waals surface area (Å²) in [6.07, 6.45) is -0.663. The molecule has 0 aliphatic rings. The highest BCUT2D eigenvalue weighted by molar-refractivity contribution is 7.78. The molecule has 1 heterocycles. The normalized spacial score (nSPS) is 12.0. The third-order valence-corrected chi connectivity index (χ3v) is 4.40. The fraction of sp³-hybridized carbons (Fsp3) is 0.211. The molecule has 0 saturated heterocycles. The first kappa shape index (κ1) is 18.0. The Bertz CT molecular complexity index is 939. The van der Waals surface area contributed by atoms with E-state index < -0.39 is 12.1 Å². The molecule has 0 bridgehead atoms. The lowest BCUT2D eigenvalue weighted by molar-refractivity contribution is 0.0869. The number of carbonyl (C=O) groups excluding carboxylic acids is 2. The number of carbonyl (C=O) groups is 2. The number of Topliss-reactive ketones (excluding diaryl/α,β-unsaturated/α-hetero) is 1. The number of rotatable bonds is 5. The van der Waals surface area contributed by atoms with E-state index in [1.807, 2.05) is 30.3 Å². The van der Waals surface area contributed by atoms with E-state index in [-0.39, 0.29) is 12.4 Å². The fourth-order valence-corrected chi connectivity index (χ4v) is 2.64. The average Bonchev–Trinajstić information content (AvgIpc) is 3.10. The van der Waals surface area contributed by atoms with Crippen molar-refractivity contribution in [2.24, 2.45) is 0 Å². The van der Waals surface area contributed by atoms with Crippen LogP contribution in [0.2, 0.25) is 0 Å². The number of benzene rings is 2. The molecule has 3 aromatic rings. The molecular weight excluding hydrogens is 352 g/mol. The third kappa shape index (κ3) is 3.57. The maximum absolute atomic E-state index is 12.7. The van der Waals surface area contributed by atoms with Crippen molar-refractivity contribution in [1.82, 2.24) is 9.29 Å². The number of thiol groups is 1. The largest absolute Gasteiger partial charge is 0.449 e. The number of oxazole rings is 1. The van der Waals surface area contributed by atoms with E-state index in [4.69, 9.17) is 9.15 Å². The van der Waals surface area contributed by atoms with Gasteiger partial charge in [-0.05, 0) is 44.2 Å². The van der Waals surface area contributed by atoms with Crippen molar-refractivity contribution in [1.29, 1.82) is 0 Å². The van der Waals surface area contributed by atoms with Gasteiger partial charge in [-0.2, -0.15) is 0 Å². The molecule has 6 nitrogen and oxygen atoms in total. The summed E-state index contributed by atoms with van der Waals surface area (Å²) in [5, 5.41) is 0. The first-order valence-electron chi connectivity index (χ1n) is 8.16. The Hall–Kier alpha value is -2.80. The van der Waals surface area contributed by atoms with Gasteiger partial charge in [-0.15, -0.1) is 0 Å². The van der Waals surface area contributed by atoms with E-state index in [0.29, 0.717) is 22.6 Å². The average molecular weight is 370 g/mol. The zero-order valence-electron chi connectivity index (χ0n) is 14.4. The summed E-state index contributed by atoms with van der Waals surface area (Å²) < 4.78 is 11.6. The van der Waals surface area contributed by atoms with Crippen LogP contribution in [-0.2, 0) is 4.74 Å². The van der Waals surface area contributed by atoms with Gasteiger partial charge in [0.25, 0.3) is 0 Å². The Kier molecular flexibility index (Phi) is 5.27. The Balaban J connectivity index is 1.86. The van der Waals surface area contributed by atoms with Crippen molar-refractivity contribution in [2.75, 3.05) is 6.61 Å². The Morgan fingerprint density at radius 2 is 1.96 bits per heavy atom. The third-order valence-electron chi connectivity index (χ3n) is 3.89. The van der Waals surface area contributed by atoms with Crippen LogP contribution in [0.15, 0.2) is 52.9 Å². The van der Waals surface area contributed by atoms with Gasteiger partial charge in [-0.3, -0.25) is 4.79 Å². The van der Waals surface area contributed by atoms with Crippen LogP contribution < -0.4 is 0 Å². The van der Waals surface area contributed by atoms with Crippen molar-refractivity contribution in [3.05, 3.63) is 54.1 Å². The van der Waals surface area contributed by atoms with Crippen LogP contribution in [-0.4, -0.2) is 33.8 Å². The second-order valence-corrected chi connectivity index (χ2v) is 6.08. The molecule has 0 saturated carbocycles. The van der Waals surface area contributed by atoms with Gasteiger partial charge < -0.3 is 9.15 Å². The molecule has 7 heteroatoms. The maximum atomic E-state index is 12.7. The Morgan fingerprint density at radius 3 is 2.65 bits per heavy atom. The van der Waals surface area contributed by atoms with E-state index in [9.17, 15) is 9.59 Å². The monoisotopic (exact) mass is 370 g/mol. The molecule has 1 atom stereocenters. The van der Waals surface area contributed by atoms with Crippen molar-refractivity contribution in [3.8, 4) is 11.5 Å². The number of amides is 1. The quantitative estimate of drug-likeness (QED) is 0.533. The molecule has 0 fully saturated rings. The predicted octanol–water partition coefficient (Wildman–Crippen LogP) is 4.37. The number of nitrogens with zero attached hydrogens (tertiary/aromatic N) is 2. The summed E-state index contributed by atoms with van der Waals surface area (Å²) in [4.78, 5) is 28.8. The minimum atomic E-state index is -0.786. The standard InChI is InChI=1S/C19H18N2O4S/c1-3-24-19(23)21(26)12(2)17(22)14-9-10-15-16(11-14)25-18(20-15)13-7-5-4-6-8-13/h4-12,26H,3H2,1-2H3. The highest BCUT2D eigenvalue weighted by atomic mass is 32.1. The zero-order chi connectivity index (χ0) is 18.7. The van der Waals surface area contributed by atoms with Gasteiger partial charge in [0.1, 0.15) is 11.6 Å². The Morgan fingerprint density at radius 1 is 1.23 bits per heavy atom. The summed E-state index contributed by atoms with van der Waals surface area (Å²) >= 11 is 4.07. The van der Waals surface area contributed by atoms with Crippen molar-refractivity contribution < 1.29 is 18.7 Å². The van der Waals surface area contributed by atoms with Crippen LogP contribution in [0.4, 0.5) is 4.79 Å². The first-order valence-corrected chi connectivity index (χ1v) is 8.56. The van der Waals surface area contributed by atoms with Crippen LogP contribution in [0.25, 0.3) is 22.6 Å². The molecule has 26 heavy (non-hydrogen) atoms. The van der Waals surface area contributed by atoms with Crippen molar-refractivity contribution in [3.63, 3.8) is 0 Å². The second kappa shape index (κ2) is 7.61. The fourth-order valence-electron chi connectivity index (χ4n) is 2.48. The number of ketones is 1. The molecule has 0 spiro atoms. The van der Waals surface area contributed by atoms with E-state index >= 15 is 0 Å². The summed E-state index contributed by atoms with van der Waals surface area (Å²) in [6.45, 7) is 3.49. The van der Waals surface area contributed by atoms with E-state index in [2.05, 4.69) is 17.8 Å². The minimum Gasteiger partial charge on any atom is -0.449 e. The molecule has 0 aliphatic carbocycles. The highest BCUT2D eigenvalue weighted by Crippen LogP contribution is 2.25. The van der Waals surface area contributed by atoms with Crippen LogP contribution in [0.1, 0.15) is 24.2 Å². The van der Waals surface area contributed by atoms with E-state index in [0.717, 1.165) is 9.87 Å². The number of hydrogen-bond acceptors (Lipinski definition) is 6. The second-order valence-electron chi connectivity index (χ2n) is 5.65. The molecule has 1 unspecified atom stereocenters. The Labute approximate surface area is 156 Å². The van der Waals surface area contributed by atoms with Crippen LogP contribution in [0, 0.1) is 0 Å². The number of hydrogen-bond donors (Lipinski definition) is 1. The highest BCUT2D eigenvalue weighted by Gasteiger charge is 2.26. The van der Waals surface area contributed by atoms with Crippen LogP contribution in [0.3, 0.4) is 0 Å². The first-order chi connectivity index (χ1) is 12.5. The molecule has 2 aromatic carbocycles. The predicted molar refractivity (Wildman–Crippen MR) is 101 cm³/mol. The topological polar surface area (TPSA) is 72.6 Å². The molecule has 134 valence electrons. The SMILES string of the molecule is CCOC(=O)N(S)C(C)C(=O)c1ccc2nc(-c3ccccc3)oc2c1. The van der Waals surface area contributed by atoms with Crippen molar-refractivity contribution in [2.45, 2.75) is 19.9 Å². The molecule has 1 amide bonds. The smallest absolute Gasteiger partial charge is 0.420 e. The van der Waals surface area contributed by atoms with E-state index in [1.54, 1.807) is 32.0 Å². The molecular formula is C19H18N2O4S. The zero-order valence-corrected chi connectivity index (χ0v) is 15.3. The van der Waals surface area contributed by atoms with Crippen LogP contribution >= 0.6 is 12.8 Å². The molecule has 0 N–H and O–H groups in total. The molecule has 0 radical (unpaired) electrons. The van der Waals surface area contributed by atoms with Crippen LogP contribution in [0.5, 0.6) is 0 Å². The van der Waals surface area contributed by atoms with Gasteiger partial charge >= 0.3 is 6.09 Å². The number of fused-ring (bicyclic) bond motifs is 1. The summed E-state index contributed by atoms with van der Waals surface area (Å²) in [5.74, 6) is 0.216. The van der Waals surface area contributed by atoms with Crippen molar-refractivity contribution >= 4 is 35.8 Å². The number of aromatic nitrogens is 1. The van der Waals surface area contributed by atoms with Gasteiger partial charge in [0.05, 0.1) is 6.61 Å². The summed E-state index contributed by atoms with van der Waals surface area (Å²) in [6, 6.07) is 13.7. The molecule has 0 aliphatic heterocycles. The lowest BCUT2D eigenvalue weighted by Gasteiger charge is -2.21. The molecule has 3 rings (SSSR count). The van der Waals surface area contributed by atoms with Gasteiger partial charge in [-0.25, -0.2) is 14.1 Å². The molecule has 1 aromatic heterocycles. The number of ether oxygens (including phenoxy) is 1. The van der Waals surface area contributed by atoms with Gasteiger partial charge in [0.2, 0.25) is 5.89 Å². The van der Waals surface area contributed by atoms with Gasteiger partial charge in [0, 0.05) is 11.1 Å². The maximum Gasteiger partial charge on any atom is 0.420 e. The van der Waals surface area contributed by atoms with E-state index in [1.165, 1.54) is 0 Å². The minimum absolute atomic E-state index is 0.211. The summed E-state index contributed by atoms with van der Waals surface area (Å²) in [7, 11) is 0.